The molecule has 0 atom stereocenters. The molecule has 0 aliphatic carbocycles. The highest BCUT2D eigenvalue weighted by Crippen LogP contribution is 2.25. The van der Waals surface area contributed by atoms with Gasteiger partial charge in [-0.15, -0.1) is 12.4 Å². The van der Waals surface area contributed by atoms with E-state index in [1.54, 1.807) is 0 Å². The molecular weight excluding hydrogens is 306 g/mol. The van der Waals surface area contributed by atoms with Gasteiger partial charge in [-0.1, -0.05) is 6.92 Å². The van der Waals surface area contributed by atoms with Crippen LogP contribution in [0, 0.1) is 0 Å². The fourth-order valence-corrected chi connectivity index (χ4v) is 1.81. The zero-order valence-electron chi connectivity index (χ0n) is 13.0. The van der Waals surface area contributed by atoms with Crippen molar-refractivity contribution in [2.75, 3.05) is 49.3 Å². The number of aliphatic hydroxyl groups is 1. The molecule has 0 aliphatic rings. The lowest BCUT2D eigenvalue weighted by molar-refractivity contribution is 0.311. The maximum Gasteiger partial charge on any atom is 0.227 e. The zero-order chi connectivity index (χ0) is 15.2. The second kappa shape index (κ2) is 8.50. The van der Waals surface area contributed by atoms with Crippen molar-refractivity contribution in [3.8, 4) is 0 Å². The third-order valence-corrected chi connectivity index (χ3v) is 2.82. The van der Waals surface area contributed by atoms with Gasteiger partial charge in [-0.3, -0.25) is 0 Å². The summed E-state index contributed by atoms with van der Waals surface area (Å²) in [6, 6.07) is 0. The molecule has 2 heterocycles. The summed E-state index contributed by atoms with van der Waals surface area (Å²) in [5.74, 6) is 1.88. The summed E-state index contributed by atoms with van der Waals surface area (Å²) in [6.45, 7) is 3.33. The topological polar surface area (TPSA) is 99.1 Å². The summed E-state index contributed by atoms with van der Waals surface area (Å²) in [5, 5.41) is 15.3. The number of rotatable bonds is 7. The largest absolute Gasteiger partial charge is 0.395 e. The minimum absolute atomic E-state index is 0. The molecule has 0 saturated carbocycles. The molecule has 2 rings (SSSR count). The number of hydrogen-bond acceptors (Lipinski definition) is 8. The van der Waals surface area contributed by atoms with Gasteiger partial charge in [-0.2, -0.15) is 4.98 Å². The summed E-state index contributed by atoms with van der Waals surface area (Å²) in [7, 11) is 3.77. The lowest BCUT2D eigenvalue weighted by Gasteiger charge is -2.15. The van der Waals surface area contributed by atoms with Gasteiger partial charge in [-0.05, 0) is 6.42 Å². The van der Waals surface area contributed by atoms with E-state index < -0.39 is 0 Å². The van der Waals surface area contributed by atoms with Crippen LogP contribution in [0.3, 0.4) is 0 Å². The smallest absolute Gasteiger partial charge is 0.227 e. The van der Waals surface area contributed by atoms with Crippen molar-refractivity contribution in [1.82, 2.24) is 19.9 Å². The number of aromatic nitrogens is 4. The third-order valence-electron chi connectivity index (χ3n) is 2.82. The van der Waals surface area contributed by atoms with Crippen LogP contribution in [0.5, 0.6) is 0 Å². The van der Waals surface area contributed by atoms with E-state index in [0.717, 1.165) is 13.0 Å². The van der Waals surface area contributed by atoms with Crippen molar-refractivity contribution in [3.63, 3.8) is 0 Å². The molecule has 0 fully saturated rings. The van der Waals surface area contributed by atoms with Crippen LogP contribution in [0.2, 0.25) is 0 Å². The minimum atomic E-state index is 0. The molecule has 22 heavy (non-hydrogen) atoms. The van der Waals surface area contributed by atoms with Crippen molar-refractivity contribution in [3.05, 3.63) is 6.33 Å². The van der Waals surface area contributed by atoms with E-state index in [-0.39, 0.29) is 19.0 Å². The first-order valence-electron chi connectivity index (χ1n) is 6.96. The quantitative estimate of drug-likeness (QED) is 0.696. The Bertz CT molecular complexity index is 608. The van der Waals surface area contributed by atoms with Gasteiger partial charge in [0.05, 0.1) is 6.61 Å². The van der Waals surface area contributed by atoms with Gasteiger partial charge in [0.2, 0.25) is 5.95 Å². The number of nitrogens with one attached hydrogen (secondary N) is 2. The summed E-state index contributed by atoms with van der Waals surface area (Å²) in [4.78, 5) is 19.3. The maximum absolute atomic E-state index is 8.95. The van der Waals surface area contributed by atoms with Gasteiger partial charge in [-0.25, -0.2) is 15.0 Å². The fraction of sp³-hybridized carbons (Fsp3) is 0.538. The Morgan fingerprint density at radius 2 is 1.77 bits per heavy atom. The maximum atomic E-state index is 8.95. The van der Waals surface area contributed by atoms with Crippen molar-refractivity contribution in [1.29, 1.82) is 0 Å². The van der Waals surface area contributed by atoms with Crippen LogP contribution in [0.4, 0.5) is 17.6 Å². The van der Waals surface area contributed by atoms with Crippen molar-refractivity contribution in [2.45, 2.75) is 13.3 Å². The number of fused-ring (bicyclic) bond motifs is 1. The monoisotopic (exact) mass is 327 g/mol. The lowest BCUT2D eigenvalue weighted by Crippen LogP contribution is -2.16. The molecule has 0 unspecified atom stereocenters. The summed E-state index contributed by atoms with van der Waals surface area (Å²) in [6.07, 6.45) is 2.46. The van der Waals surface area contributed by atoms with E-state index >= 15 is 0 Å². The van der Waals surface area contributed by atoms with Crippen LogP contribution in [0.15, 0.2) is 6.33 Å². The molecule has 0 saturated heterocycles. The molecule has 122 valence electrons. The second-order valence-corrected chi connectivity index (χ2v) is 4.76. The van der Waals surface area contributed by atoms with Gasteiger partial charge < -0.3 is 20.6 Å². The Morgan fingerprint density at radius 1 is 1.05 bits per heavy atom. The average molecular weight is 328 g/mol. The lowest BCUT2D eigenvalue weighted by atomic mass is 10.3. The van der Waals surface area contributed by atoms with Crippen LogP contribution in [0.1, 0.15) is 13.3 Å². The molecule has 2 aromatic rings. The van der Waals surface area contributed by atoms with E-state index in [2.05, 4.69) is 37.5 Å². The molecule has 0 amide bonds. The first-order chi connectivity index (χ1) is 10.2. The molecule has 0 radical (unpaired) electrons. The number of aliphatic hydroxyl groups excluding tert-OH is 1. The molecule has 0 aliphatic heterocycles. The molecule has 8 nitrogen and oxygen atoms in total. The molecule has 2 aromatic heterocycles. The van der Waals surface area contributed by atoms with Crippen LogP contribution >= 0.6 is 12.4 Å². The van der Waals surface area contributed by atoms with E-state index in [0.29, 0.717) is 35.2 Å². The van der Waals surface area contributed by atoms with Crippen molar-refractivity contribution in [2.24, 2.45) is 0 Å². The van der Waals surface area contributed by atoms with E-state index in [4.69, 9.17) is 5.11 Å². The SMILES string of the molecule is CCCNc1nc(N(C)C)nc2c(NCCO)ncnc12.Cl. The highest BCUT2D eigenvalue weighted by atomic mass is 35.5. The number of nitrogens with zero attached hydrogens (tertiary/aromatic N) is 5. The highest BCUT2D eigenvalue weighted by molar-refractivity contribution is 5.93. The van der Waals surface area contributed by atoms with Crippen LogP contribution < -0.4 is 15.5 Å². The Labute approximate surface area is 135 Å². The summed E-state index contributed by atoms with van der Waals surface area (Å²) in [5.41, 5.74) is 1.31. The molecule has 0 bridgehead atoms. The van der Waals surface area contributed by atoms with E-state index in [9.17, 15) is 0 Å². The minimum Gasteiger partial charge on any atom is -0.395 e. The molecular formula is C13H22ClN7O. The van der Waals surface area contributed by atoms with Crippen LogP contribution in [0.25, 0.3) is 11.0 Å². The van der Waals surface area contributed by atoms with Crippen LogP contribution in [-0.4, -0.2) is 58.8 Å². The normalized spacial score (nSPS) is 10.2. The number of halogens is 1. The average Bonchev–Trinajstić information content (AvgIpc) is 2.50. The summed E-state index contributed by atoms with van der Waals surface area (Å²) >= 11 is 0. The predicted molar refractivity (Wildman–Crippen MR) is 91.1 cm³/mol. The van der Waals surface area contributed by atoms with Gasteiger partial charge in [0.1, 0.15) is 17.4 Å². The summed E-state index contributed by atoms with van der Waals surface area (Å²) < 4.78 is 0. The zero-order valence-corrected chi connectivity index (χ0v) is 13.8. The number of hydrogen-bond donors (Lipinski definition) is 3. The Kier molecular flexibility index (Phi) is 7.00. The van der Waals surface area contributed by atoms with Gasteiger partial charge >= 0.3 is 0 Å². The fourth-order valence-electron chi connectivity index (χ4n) is 1.81. The Hall–Kier alpha value is -1.93. The molecule has 3 N–H and O–H groups in total. The predicted octanol–water partition coefficient (Wildman–Crippen LogP) is 1.13. The number of anilines is 3. The van der Waals surface area contributed by atoms with E-state index in [1.807, 2.05) is 19.0 Å². The van der Waals surface area contributed by atoms with Gasteiger partial charge in [0.15, 0.2) is 11.6 Å². The standard InChI is InChI=1S/C13H21N7O.ClH/c1-4-5-14-12-9-10(18-13(19-12)20(2)3)11(15-6-7-21)17-8-16-9;/h8,21H,4-7H2,1-3H3,(H,14,18,19)(H,15,16,17);1H. The molecule has 9 heteroatoms. The highest BCUT2D eigenvalue weighted by Gasteiger charge is 2.14. The van der Waals surface area contributed by atoms with Crippen molar-refractivity contribution < 1.29 is 5.11 Å². The first kappa shape index (κ1) is 18.1. The second-order valence-electron chi connectivity index (χ2n) is 4.76. The van der Waals surface area contributed by atoms with Crippen molar-refractivity contribution >= 4 is 41.0 Å². The first-order valence-corrected chi connectivity index (χ1v) is 6.96. The Morgan fingerprint density at radius 3 is 2.41 bits per heavy atom. The third kappa shape index (κ3) is 4.05. The van der Waals surface area contributed by atoms with Crippen LogP contribution in [-0.2, 0) is 0 Å². The van der Waals surface area contributed by atoms with E-state index in [1.165, 1.54) is 6.33 Å². The molecule has 0 spiro atoms. The Balaban J connectivity index is 0.00000242. The van der Waals surface area contributed by atoms with Gasteiger partial charge in [0, 0.05) is 27.2 Å². The van der Waals surface area contributed by atoms with Gasteiger partial charge in [0.25, 0.3) is 0 Å². The molecule has 0 aromatic carbocycles.